The van der Waals surface area contributed by atoms with E-state index in [0.29, 0.717) is 5.38 Å². The van der Waals surface area contributed by atoms with Crippen LogP contribution in [0.25, 0.3) is 0 Å². The van der Waals surface area contributed by atoms with Gasteiger partial charge in [-0.25, -0.2) is 0 Å². The van der Waals surface area contributed by atoms with Crippen LogP contribution in [0.4, 0.5) is 0 Å². The van der Waals surface area contributed by atoms with Gasteiger partial charge in [0.2, 0.25) is 0 Å². The Balaban J connectivity index is 0. The van der Waals surface area contributed by atoms with Gasteiger partial charge in [-0.3, -0.25) is 0 Å². The molecule has 0 bridgehead atoms. The number of rotatable bonds is 0. The summed E-state index contributed by atoms with van der Waals surface area (Å²) in [5, 5.41) is 0.450. The molecule has 0 aliphatic carbocycles. The molecule has 98 valence electrons. The van der Waals surface area contributed by atoms with Gasteiger partial charge >= 0.3 is 23.1 Å². The van der Waals surface area contributed by atoms with E-state index in [2.05, 4.69) is 30.3 Å². The molecule has 2 aliphatic heterocycles. The predicted octanol–water partition coefficient (Wildman–Crippen LogP) is -1.14. The summed E-state index contributed by atoms with van der Waals surface area (Å²) >= 11 is 5.86. The van der Waals surface area contributed by atoms with Crippen molar-refractivity contribution in [2.24, 2.45) is 0 Å². The molecule has 0 unspecified atom stereocenters. The average Bonchev–Trinajstić information content (AvgIpc) is 2.25. The van der Waals surface area contributed by atoms with Crippen molar-refractivity contribution in [3.05, 3.63) is 6.42 Å². The Morgan fingerprint density at radius 3 is 1.65 bits per heavy atom. The van der Waals surface area contributed by atoms with E-state index in [0.717, 1.165) is 12.8 Å². The zero-order valence-electron chi connectivity index (χ0n) is 11.2. The molecule has 2 aliphatic rings. The SMILES string of the molecule is CN1CCC(Cl)CC1.CN1CC[CH-]CC1.[Cl-].[Mg+2]. The van der Waals surface area contributed by atoms with Crippen molar-refractivity contribution < 1.29 is 12.4 Å². The minimum atomic E-state index is 0. The minimum Gasteiger partial charge on any atom is -1.00 e. The van der Waals surface area contributed by atoms with Crippen LogP contribution in [0.15, 0.2) is 0 Å². The molecule has 0 aromatic carbocycles. The fourth-order valence-electron chi connectivity index (χ4n) is 1.86. The van der Waals surface area contributed by atoms with E-state index in [1.807, 2.05) is 0 Å². The molecule has 0 N–H and O–H groups in total. The maximum atomic E-state index is 5.86. The molecule has 2 fully saturated rings. The summed E-state index contributed by atoms with van der Waals surface area (Å²) in [6.07, 6.45) is 7.27. The molecule has 2 heterocycles. The van der Waals surface area contributed by atoms with Gasteiger partial charge in [-0.15, -0.1) is 11.6 Å². The number of nitrogens with zero attached hydrogens (tertiary/aromatic N) is 2. The van der Waals surface area contributed by atoms with Gasteiger partial charge in [-0.1, -0.05) is 0 Å². The van der Waals surface area contributed by atoms with E-state index >= 15 is 0 Å². The monoisotopic (exact) mass is 290 g/mol. The second-order valence-corrected chi connectivity index (χ2v) is 5.26. The second-order valence-electron chi connectivity index (χ2n) is 4.65. The van der Waals surface area contributed by atoms with Gasteiger partial charge in [0.05, 0.1) is 0 Å². The van der Waals surface area contributed by atoms with Crippen molar-refractivity contribution in [3.8, 4) is 0 Å². The van der Waals surface area contributed by atoms with E-state index in [9.17, 15) is 0 Å². The van der Waals surface area contributed by atoms with Crippen LogP contribution in [0, 0.1) is 6.42 Å². The van der Waals surface area contributed by atoms with Gasteiger partial charge < -0.3 is 28.6 Å². The molecule has 0 aromatic rings. The molecule has 2 rings (SSSR count). The molecule has 0 saturated carbocycles. The van der Waals surface area contributed by atoms with Crippen molar-refractivity contribution >= 4 is 34.7 Å². The Hall–Kier alpha value is 1.27. The van der Waals surface area contributed by atoms with Crippen LogP contribution in [0.2, 0.25) is 0 Å². The van der Waals surface area contributed by atoms with E-state index in [1.54, 1.807) is 0 Å². The molecule has 2 saturated heterocycles. The quantitative estimate of drug-likeness (QED) is 0.316. The molecule has 0 aromatic heterocycles. The van der Waals surface area contributed by atoms with Crippen LogP contribution in [0.1, 0.15) is 25.7 Å². The maximum Gasteiger partial charge on any atom is 2.00 e. The van der Waals surface area contributed by atoms with Gasteiger partial charge in [0.1, 0.15) is 0 Å². The van der Waals surface area contributed by atoms with Crippen LogP contribution in [-0.4, -0.2) is 78.5 Å². The number of alkyl halides is 1. The first kappa shape index (κ1) is 20.6. The number of likely N-dealkylation sites (tertiary alicyclic amines) is 2. The van der Waals surface area contributed by atoms with E-state index in [4.69, 9.17) is 11.6 Å². The van der Waals surface area contributed by atoms with Crippen molar-refractivity contribution in [3.63, 3.8) is 0 Å². The summed E-state index contributed by atoms with van der Waals surface area (Å²) in [5.74, 6) is 0. The average molecular weight is 292 g/mol. The molecule has 2 nitrogen and oxygen atoms in total. The van der Waals surface area contributed by atoms with Crippen LogP contribution >= 0.6 is 11.6 Å². The maximum absolute atomic E-state index is 5.86. The molecule has 0 radical (unpaired) electrons. The Morgan fingerprint density at radius 1 is 0.941 bits per heavy atom. The van der Waals surface area contributed by atoms with Crippen molar-refractivity contribution in [2.45, 2.75) is 31.1 Å². The van der Waals surface area contributed by atoms with Crippen LogP contribution in [0.5, 0.6) is 0 Å². The number of hydrogen-bond donors (Lipinski definition) is 0. The first-order chi connectivity index (χ1) is 7.18. The zero-order valence-corrected chi connectivity index (χ0v) is 14.1. The third-order valence-corrected chi connectivity index (χ3v) is 3.51. The summed E-state index contributed by atoms with van der Waals surface area (Å²) in [6.45, 7) is 4.88. The molecule has 5 heteroatoms. The largest absolute Gasteiger partial charge is 2.00 e. The summed E-state index contributed by atoms with van der Waals surface area (Å²) < 4.78 is 0. The second kappa shape index (κ2) is 12.3. The molecule has 0 spiro atoms. The number of halogens is 2. The minimum absolute atomic E-state index is 0. The fourth-order valence-corrected chi connectivity index (χ4v) is 2.05. The van der Waals surface area contributed by atoms with Gasteiger partial charge in [-0.05, 0) is 53.1 Å². The summed E-state index contributed by atoms with van der Waals surface area (Å²) in [4.78, 5) is 4.68. The molecule has 0 amide bonds. The van der Waals surface area contributed by atoms with Crippen LogP contribution in [-0.2, 0) is 0 Å². The number of piperidine rings is 2. The smallest absolute Gasteiger partial charge is 1.00 e. The Bertz CT molecular complexity index is 149. The van der Waals surface area contributed by atoms with Gasteiger partial charge in [0.15, 0.2) is 0 Å². The van der Waals surface area contributed by atoms with Gasteiger partial charge in [0.25, 0.3) is 0 Å². The Labute approximate surface area is 134 Å². The Morgan fingerprint density at radius 2 is 1.35 bits per heavy atom. The summed E-state index contributed by atoms with van der Waals surface area (Å²) in [7, 11) is 4.32. The van der Waals surface area contributed by atoms with Crippen molar-refractivity contribution in [2.75, 3.05) is 40.3 Å². The van der Waals surface area contributed by atoms with Crippen LogP contribution in [0.3, 0.4) is 0 Å². The summed E-state index contributed by atoms with van der Waals surface area (Å²) in [5.41, 5.74) is 0. The van der Waals surface area contributed by atoms with Crippen LogP contribution < -0.4 is 12.4 Å². The topological polar surface area (TPSA) is 6.48 Å². The van der Waals surface area contributed by atoms with Gasteiger partial charge in [0, 0.05) is 5.38 Å². The van der Waals surface area contributed by atoms with E-state index in [-0.39, 0.29) is 35.5 Å². The van der Waals surface area contributed by atoms with Gasteiger partial charge in [-0.2, -0.15) is 12.8 Å². The standard InChI is InChI=1S/C6H12ClN.C6H12N.ClH.Mg/c1-8-4-2-6(7)3-5-8;1-7-5-3-2-4-6-7;;/h6H,2-5H2,1H3;2H,3-6H2,1H3;1H;/q;-1;;+2/p-1. The first-order valence-corrected chi connectivity index (χ1v) is 6.45. The van der Waals surface area contributed by atoms with E-state index in [1.165, 1.54) is 39.0 Å². The number of hydrogen-bond acceptors (Lipinski definition) is 2. The zero-order chi connectivity index (χ0) is 11.1. The Kier molecular flexibility index (Phi) is 14.9. The third kappa shape index (κ3) is 10.8. The third-order valence-electron chi connectivity index (χ3n) is 3.08. The fraction of sp³-hybridized carbons (Fsp3) is 0.917. The molecule has 0 atom stereocenters. The predicted molar refractivity (Wildman–Crippen MR) is 73.2 cm³/mol. The first-order valence-electron chi connectivity index (χ1n) is 6.01. The molecule has 17 heavy (non-hydrogen) atoms. The summed E-state index contributed by atoms with van der Waals surface area (Å²) in [6, 6.07) is 0. The van der Waals surface area contributed by atoms with E-state index < -0.39 is 0 Å². The van der Waals surface area contributed by atoms with Crippen molar-refractivity contribution in [1.29, 1.82) is 0 Å². The molecular weight excluding hydrogens is 267 g/mol. The molecular formula is C12H24Cl2MgN2. The van der Waals surface area contributed by atoms with Crippen molar-refractivity contribution in [1.82, 2.24) is 9.80 Å². The normalized spacial score (nSPS) is 22.8.